The monoisotopic (exact) mass is 788 g/mol. The summed E-state index contributed by atoms with van der Waals surface area (Å²) in [6.45, 7) is 7.64. The van der Waals surface area contributed by atoms with Crippen LogP contribution in [0, 0.1) is 17.2 Å². The predicted octanol–water partition coefficient (Wildman–Crippen LogP) is 6.18. The smallest absolute Gasteiger partial charge is 0.417 e. The Hall–Kier alpha value is -5.33. The van der Waals surface area contributed by atoms with E-state index in [1.165, 1.54) is 6.07 Å². The van der Waals surface area contributed by atoms with Gasteiger partial charge in [-0.3, -0.25) is 34.3 Å². The summed E-state index contributed by atoms with van der Waals surface area (Å²) in [7, 11) is 0. The molecule has 1 unspecified atom stereocenters. The van der Waals surface area contributed by atoms with E-state index in [1.54, 1.807) is 30.9 Å². The van der Waals surface area contributed by atoms with Crippen molar-refractivity contribution < 1.29 is 37.1 Å². The van der Waals surface area contributed by atoms with Gasteiger partial charge in [0.1, 0.15) is 17.3 Å². The molecule has 56 heavy (non-hydrogen) atoms. The minimum absolute atomic E-state index is 0.0223. The molecule has 0 radical (unpaired) electrons. The fraction of sp³-hybridized carbons (Fsp3) is 0.415. The minimum atomic E-state index is -4.79. The Bertz CT molecular complexity index is 2090. The summed E-state index contributed by atoms with van der Waals surface area (Å²) in [6.07, 6.45) is -1.50. The van der Waals surface area contributed by atoms with Crippen molar-refractivity contribution in [3.63, 3.8) is 0 Å². The number of thiocarbonyl (C=S) groups is 1. The highest BCUT2D eigenvalue weighted by Crippen LogP contribution is 2.41. The number of Topliss-reactive ketones (excluding diaryl/α,β-unsaturated/α-hetero) is 1. The molecule has 0 saturated carbocycles. The molecule has 3 fully saturated rings. The number of carbonyl (C=O) groups excluding carboxylic acids is 4. The normalized spacial score (nSPS) is 19.2. The zero-order chi connectivity index (χ0) is 40.4. The third kappa shape index (κ3) is 8.71. The molecule has 2 N–H and O–H groups in total. The molecule has 11 nitrogen and oxygen atoms in total. The lowest BCUT2D eigenvalue weighted by molar-refractivity contribution is -0.138. The largest absolute Gasteiger partial charge is 0.493 e. The van der Waals surface area contributed by atoms with E-state index >= 15 is 0 Å². The molecule has 3 heterocycles. The maximum atomic E-state index is 13.8. The first-order chi connectivity index (χ1) is 26.6. The van der Waals surface area contributed by atoms with Crippen molar-refractivity contribution in [2.24, 2.45) is 5.92 Å². The number of benzene rings is 3. The Kier molecular flexibility index (Phi) is 11.8. The van der Waals surface area contributed by atoms with Crippen LogP contribution in [0.1, 0.15) is 68.7 Å². The van der Waals surface area contributed by atoms with Gasteiger partial charge in [0.15, 0.2) is 10.9 Å². The Morgan fingerprint density at radius 3 is 2.45 bits per heavy atom. The molecule has 1 atom stereocenters. The Morgan fingerprint density at radius 1 is 1.04 bits per heavy atom. The third-order valence-electron chi connectivity index (χ3n) is 10.5. The van der Waals surface area contributed by atoms with Crippen LogP contribution in [0.5, 0.6) is 5.75 Å². The number of nitriles is 1. The molecule has 294 valence electrons. The van der Waals surface area contributed by atoms with Gasteiger partial charge >= 0.3 is 6.18 Å². The molecular weight excluding hydrogens is 746 g/mol. The summed E-state index contributed by atoms with van der Waals surface area (Å²) in [6, 6.07) is 17.1. The Labute approximate surface area is 328 Å². The predicted molar refractivity (Wildman–Crippen MR) is 208 cm³/mol. The number of halogens is 3. The number of rotatable bonds is 12. The second-order valence-electron chi connectivity index (χ2n) is 14.9. The van der Waals surface area contributed by atoms with Gasteiger partial charge in [0, 0.05) is 24.2 Å². The standard InChI is InChI=1S/C41H43F3N6O5S/c1-4-27-20-31(50-39(56)49(38(54)40(50,2)3)30-9-8-28(22-45)33(21-30)41(42,43)44)10-12-35(27)55-24-25-14-16-48(17-15-25)23-32(51)19-26-6-5-7-29(18-26)46-34-11-13-36(52)47-37(34)53/h5-10,12,18,20-21,25,34,46H,4,11,13-17,19,23-24H2,1-3H3,(H,47,52,53). The number of piperidine rings is 2. The van der Waals surface area contributed by atoms with Gasteiger partial charge in [0.05, 0.1) is 36.0 Å². The van der Waals surface area contributed by atoms with Crippen LogP contribution in [0.4, 0.5) is 30.2 Å². The van der Waals surface area contributed by atoms with Crippen LogP contribution in [0.15, 0.2) is 60.7 Å². The number of carbonyl (C=O) groups is 4. The van der Waals surface area contributed by atoms with E-state index in [2.05, 4.69) is 15.5 Å². The van der Waals surface area contributed by atoms with Gasteiger partial charge in [-0.2, -0.15) is 18.4 Å². The molecule has 3 aromatic rings. The van der Waals surface area contributed by atoms with E-state index in [0.29, 0.717) is 37.4 Å². The molecule has 0 aliphatic carbocycles. The highest BCUT2D eigenvalue weighted by Gasteiger charge is 2.51. The topological polar surface area (TPSA) is 135 Å². The first-order valence-corrected chi connectivity index (χ1v) is 19.0. The Balaban J connectivity index is 1.02. The van der Waals surface area contributed by atoms with Gasteiger partial charge in [-0.1, -0.05) is 19.1 Å². The van der Waals surface area contributed by atoms with Gasteiger partial charge in [-0.15, -0.1) is 0 Å². The number of hydrogen-bond acceptors (Lipinski definition) is 9. The molecule has 0 spiro atoms. The van der Waals surface area contributed by atoms with Gasteiger partial charge in [0.25, 0.3) is 5.91 Å². The lowest BCUT2D eigenvalue weighted by Crippen LogP contribution is -2.47. The zero-order valence-electron chi connectivity index (χ0n) is 31.4. The van der Waals surface area contributed by atoms with E-state index in [1.807, 2.05) is 43.3 Å². The van der Waals surface area contributed by atoms with Crippen LogP contribution in [0.25, 0.3) is 0 Å². The number of nitrogens with one attached hydrogen (secondary N) is 2. The number of alkyl halides is 3. The summed E-state index contributed by atoms with van der Waals surface area (Å²) < 4.78 is 47.6. The lowest BCUT2D eigenvalue weighted by Gasteiger charge is -2.32. The summed E-state index contributed by atoms with van der Waals surface area (Å²) in [5, 5.41) is 14.8. The number of likely N-dealkylation sites (tertiary alicyclic amines) is 1. The van der Waals surface area contributed by atoms with Crippen LogP contribution in [0.3, 0.4) is 0 Å². The molecule has 3 saturated heterocycles. The first kappa shape index (κ1) is 40.3. The summed E-state index contributed by atoms with van der Waals surface area (Å²) >= 11 is 5.71. The van der Waals surface area contributed by atoms with Crippen LogP contribution in [-0.2, 0) is 38.2 Å². The number of ether oxygens (including phenoxy) is 1. The first-order valence-electron chi connectivity index (χ1n) is 18.6. The average molecular weight is 789 g/mol. The Morgan fingerprint density at radius 2 is 1.77 bits per heavy atom. The number of imide groups is 1. The van der Waals surface area contributed by atoms with Crippen molar-refractivity contribution in [2.75, 3.05) is 41.4 Å². The van der Waals surface area contributed by atoms with E-state index < -0.39 is 34.8 Å². The highest BCUT2D eigenvalue weighted by atomic mass is 32.1. The molecule has 3 aromatic carbocycles. The second-order valence-corrected chi connectivity index (χ2v) is 15.3. The number of anilines is 3. The fourth-order valence-corrected chi connectivity index (χ4v) is 7.96. The average Bonchev–Trinajstić information content (AvgIpc) is 3.33. The van der Waals surface area contributed by atoms with Gasteiger partial charge in [-0.05, 0) is 130 Å². The quantitative estimate of drug-likeness (QED) is 0.162. The molecule has 3 aliphatic heterocycles. The van der Waals surface area contributed by atoms with Crippen molar-refractivity contribution in [3.05, 3.63) is 82.9 Å². The van der Waals surface area contributed by atoms with Crippen LogP contribution in [0.2, 0.25) is 0 Å². The number of aryl methyl sites for hydroxylation is 1. The minimum Gasteiger partial charge on any atom is -0.493 e. The second kappa shape index (κ2) is 16.4. The number of nitrogens with zero attached hydrogens (tertiary/aromatic N) is 4. The van der Waals surface area contributed by atoms with E-state index in [-0.39, 0.29) is 47.2 Å². The number of hydrogen-bond donors (Lipinski definition) is 2. The number of amides is 3. The van der Waals surface area contributed by atoms with E-state index in [0.717, 1.165) is 59.8 Å². The van der Waals surface area contributed by atoms with Crippen LogP contribution < -0.4 is 25.2 Å². The van der Waals surface area contributed by atoms with Crippen molar-refractivity contribution in [2.45, 2.75) is 77.1 Å². The van der Waals surface area contributed by atoms with E-state index in [9.17, 15) is 37.6 Å². The van der Waals surface area contributed by atoms with E-state index in [4.69, 9.17) is 17.0 Å². The molecule has 6 rings (SSSR count). The third-order valence-corrected chi connectivity index (χ3v) is 10.9. The van der Waals surface area contributed by atoms with Gasteiger partial charge in [0.2, 0.25) is 11.8 Å². The van der Waals surface area contributed by atoms with Crippen molar-refractivity contribution in [3.8, 4) is 11.8 Å². The molecule has 15 heteroatoms. The molecular formula is C41H43F3N6O5S. The molecule has 0 bridgehead atoms. The van der Waals surface area contributed by atoms with Crippen molar-refractivity contribution in [1.29, 1.82) is 5.26 Å². The number of ketones is 1. The lowest BCUT2D eigenvalue weighted by atomic mass is 9.97. The zero-order valence-corrected chi connectivity index (χ0v) is 32.2. The van der Waals surface area contributed by atoms with Crippen molar-refractivity contribution in [1.82, 2.24) is 10.2 Å². The van der Waals surface area contributed by atoms with Crippen molar-refractivity contribution >= 4 is 57.9 Å². The highest BCUT2D eigenvalue weighted by molar-refractivity contribution is 7.81. The summed E-state index contributed by atoms with van der Waals surface area (Å²) in [5.74, 6) is -0.0511. The fourth-order valence-electron chi connectivity index (χ4n) is 7.44. The van der Waals surface area contributed by atoms with Gasteiger partial charge < -0.3 is 15.0 Å². The molecule has 3 amide bonds. The maximum Gasteiger partial charge on any atom is 0.417 e. The molecule has 3 aliphatic rings. The van der Waals surface area contributed by atoms with Crippen LogP contribution >= 0.6 is 12.2 Å². The van der Waals surface area contributed by atoms with Gasteiger partial charge in [-0.25, -0.2) is 0 Å². The van der Waals surface area contributed by atoms with Crippen LogP contribution in [-0.4, -0.2) is 71.3 Å². The SMILES string of the molecule is CCc1cc(N2C(=S)N(c3ccc(C#N)c(C(F)(F)F)c3)C(=O)C2(C)C)ccc1OCC1CCN(CC(=O)Cc2cccc(NC3CCC(=O)NC3=O)c2)CC1. The summed E-state index contributed by atoms with van der Waals surface area (Å²) in [5.41, 5.74) is 0.0746. The summed E-state index contributed by atoms with van der Waals surface area (Å²) in [4.78, 5) is 55.2. The molecule has 0 aromatic heterocycles. The maximum absolute atomic E-state index is 13.8.